The van der Waals surface area contributed by atoms with Crippen LogP contribution in [-0.4, -0.2) is 46.4 Å². The molecule has 0 aromatic heterocycles. The maximum atomic E-state index is 14.1. The molecule has 0 aliphatic carbocycles. The summed E-state index contributed by atoms with van der Waals surface area (Å²) in [5.41, 5.74) is 2.48. The summed E-state index contributed by atoms with van der Waals surface area (Å²) in [6, 6.07) is 13.0. The van der Waals surface area contributed by atoms with E-state index >= 15 is 0 Å². The highest BCUT2D eigenvalue weighted by atomic mass is 19.1. The molecule has 2 aliphatic heterocycles. The quantitative estimate of drug-likeness (QED) is 0.861. The van der Waals surface area contributed by atoms with Crippen LogP contribution in [-0.2, 0) is 24.3 Å². The van der Waals surface area contributed by atoms with Gasteiger partial charge in [0.1, 0.15) is 5.82 Å². The number of rotatable bonds is 4. The number of nitrogens with zero attached hydrogens (tertiary/aromatic N) is 2. The minimum absolute atomic E-state index is 0.0443. The van der Waals surface area contributed by atoms with Gasteiger partial charge in [-0.15, -0.1) is 0 Å². The van der Waals surface area contributed by atoms with Crippen molar-refractivity contribution in [2.75, 3.05) is 19.6 Å². The van der Waals surface area contributed by atoms with Gasteiger partial charge in [-0.1, -0.05) is 30.3 Å². The number of aromatic carboxylic acids is 1. The lowest BCUT2D eigenvalue weighted by molar-refractivity contribution is -0.138. The fourth-order valence-corrected chi connectivity index (χ4v) is 4.43. The average Bonchev–Trinajstić information content (AvgIpc) is 2.73. The van der Waals surface area contributed by atoms with Gasteiger partial charge in [0.05, 0.1) is 11.5 Å². The number of hydrogen-bond acceptors (Lipinski definition) is 3. The van der Waals surface area contributed by atoms with Crippen LogP contribution in [0.1, 0.15) is 39.9 Å². The molecule has 29 heavy (non-hydrogen) atoms. The fourth-order valence-electron chi connectivity index (χ4n) is 4.43. The highest BCUT2D eigenvalue weighted by Gasteiger charge is 2.31. The Morgan fingerprint density at radius 2 is 1.90 bits per heavy atom. The van der Waals surface area contributed by atoms with Gasteiger partial charge in [-0.3, -0.25) is 9.69 Å². The predicted molar refractivity (Wildman–Crippen MR) is 107 cm³/mol. The second kappa shape index (κ2) is 8.33. The molecular weight excluding hydrogens is 371 g/mol. The number of carboxylic acid groups (broad SMARTS) is 1. The van der Waals surface area contributed by atoms with Gasteiger partial charge < -0.3 is 10.0 Å². The maximum Gasteiger partial charge on any atom is 0.338 e. The number of halogens is 1. The SMILES string of the molecule is O=C(O)c1cc2c(cc1F)CN(C(=O)C1CCCN(Cc3ccccc3)C1)CC2. The first-order valence-corrected chi connectivity index (χ1v) is 10.1. The van der Waals surface area contributed by atoms with E-state index in [0.717, 1.165) is 38.0 Å². The first-order valence-electron chi connectivity index (χ1n) is 10.1. The summed E-state index contributed by atoms with van der Waals surface area (Å²) < 4.78 is 14.1. The van der Waals surface area contributed by atoms with Crippen LogP contribution >= 0.6 is 0 Å². The monoisotopic (exact) mass is 396 g/mol. The highest BCUT2D eigenvalue weighted by Crippen LogP contribution is 2.26. The molecule has 2 aromatic carbocycles. The Morgan fingerprint density at radius 1 is 1.10 bits per heavy atom. The molecule has 0 saturated carbocycles. The third-order valence-electron chi connectivity index (χ3n) is 5.95. The van der Waals surface area contributed by atoms with E-state index in [-0.39, 0.29) is 17.4 Å². The number of benzene rings is 2. The number of likely N-dealkylation sites (tertiary alicyclic amines) is 1. The number of carbonyl (C=O) groups is 2. The summed E-state index contributed by atoms with van der Waals surface area (Å²) in [7, 11) is 0. The van der Waals surface area contributed by atoms with Crippen LogP contribution in [0.3, 0.4) is 0 Å². The van der Waals surface area contributed by atoms with Crippen LogP contribution in [0, 0.1) is 11.7 Å². The number of fused-ring (bicyclic) bond motifs is 1. The molecule has 4 rings (SSSR count). The van der Waals surface area contributed by atoms with Crippen LogP contribution in [0.25, 0.3) is 0 Å². The lowest BCUT2D eigenvalue weighted by atomic mass is 9.93. The number of carbonyl (C=O) groups excluding carboxylic acids is 1. The molecule has 152 valence electrons. The molecule has 1 N–H and O–H groups in total. The highest BCUT2D eigenvalue weighted by molar-refractivity contribution is 5.88. The van der Waals surface area contributed by atoms with Gasteiger partial charge in [0.2, 0.25) is 5.91 Å². The zero-order valence-corrected chi connectivity index (χ0v) is 16.3. The van der Waals surface area contributed by atoms with E-state index in [4.69, 9.17) is 5.11 Å². The minimum atomic E-state index is -1.26. The van der Waals surface area contributed by atoms with Crippen molar-refractivity contribution in [2.24, 2.45) is 5.92 Å². The van der Waals surface area contributed by atoms with E-state index in [1.54, 1.807) is 4.90 Å². The van der Waals surface area contributed by atoms with E-state index in [1.807, 2.05) is 18.2 Å². The second-order valence-corrected chi connectivity index (χ2v) is 7.98. The average molecular weight is 396 g/mol. The molecule has 5 nitrogen and oxygen atoms in total. The first kappa shape index (κ1) is 19.6. The first-order chi connectivity index (χ1) is 14.0. The number of hydrogen-bond donors (Lipinski definition) is 1. The fraction of sp³-hybridized carbons (Fsp3) is 0.391. The maximum absolute atomic E-state index is 14.1. The summed E-state index contributed by atoms with van der Waals surface area (Å²) in [5, 5.41) is 9.10. The molecule has 6 heteroatoms. The second-order valence-electron chi connectivity index (χ2n) is 7.98. The molecule has 2 heterocycles. The van der Waals surface area contributed by atoms with Crippen molar-refractivity contribution in [1.82, 2.24) is 9.80 Å². The zero-order chi connectivity index (χ0) is 20.4. The molecule has 1 unspecified atom stereocenters. The molecule has 2 aromatic rings. The van der Waals surface area contributed by atoms with E-state index in [1.165, 1.54) is 17.7 Å². The summed E-state index contributed by atoms with van der Waals surface area (Å²) >= 11 is 0. The van der Waals surface area contributed by atoms with Gasteiger partial charge in [0.25, 0.3) is 0 Å². The summed E-state index contributed by atoms with van der Waals surface area (Å²) in [6.07, 6.45) is 2.42. The van der Waals surface area contributed by atoms with Crippen molar-refractivity contribution in [1.29, 1.82) is 0 Å². The Balaban J connectivity index is 1.42. The van der Waals surface area contributed by atoms with Gasteiger partial charge in [-0.05, 0) is 54.6 Å². The van der Waals surface area contributed by atoms with Crippen LogP contribution in [0.15, 0.2) is 42.5 Å². The van der Waals surface area contributed by atoms with Crippen molar-refractivity contribution in [3.8, 4) is 0 Å². The van der Waals surface area contributed by atoms with Gasteiger partial charge >= 0.3 is 5.97 Å². The van der Waals surface area contributed by atoms with Crippen molar-refractivity contribution in [3.63, 3.8) is 0 Å². The summed E-state index contributed by atoms with van der Waals surface area (Å²) in [4.78, 5) is 28.4. The molecular formula is C23H25FN2O3. The smallest absolute Gasteiger partial charge is 0.338 e. The zero-order valence-electron chi connectivity index (χ0n) is 16.3. The number of amides is 1. The molecule has 1 atom stereocenters. The summed E-state index contributed by atoms with van der Waals surface area (Å²) in [6.45, 7) is 3.47. The van der Waals surface area contributed by atoms with E-state index in [0.29, 0.717) is 25.1 Å². The third kappa shape index (κ3) is 4.32. The van der Waals surface area contributed by atoms with Gasteiger partial charge in [-0.25, -0.2) is 9.18 Å². The van der Waals surface area contributed by atoms with Crippen molar-refractivity contribution >= 4 is 11.9 Å². The molecule has 1 fully saturated rings. The molecule has 0 spiro atoms. The predicted octanol–water partition coefficient (Wildman–Crippen LogP) is 3.32. The minimum Gasteiger partial charge on any atom is -0.478 e. The standard InChI is InChI=1S/C23H25FN2O3/c24-21-12-19-15-26(10-8-17(19)11-20(21)23(28)29)22(27)18-7-4-9-25(14-18)13-16-5-2-1-3-6-16/h1-3,5-6,11-12,18H,4,7-10,13-15H2,(H,28,29). The van der Waals surface area contributed by atoms with E-state index in [9.17, 15) is 14.0 Å². The largest absolute Gasteiger partial charge is 0.478 e. The number of piperidine rings is 1. The summed E-state index contributed by atoms with van der Waals surface area (Å²) in [5.74, 6) is -1.92. The molecule has 1 saturated heterocycles. The van der Waals surface area contributed by atoms with Crippen molar-refractivity contribution in [3.05, 3.63) is 70.5 Å². The van der Waals surface area contributed by atoms with Crippen molar-refractivity contribution in [2.45, 2.75) is 32.4 Å². The van der Waals surface area contributed by atoms with Crippen LogP contribution in [0.5, 0.6) is 0 Å². The van der Waals surface area contributed by atoms with Crippen LogP contribution < -0.4 is 0 Å². The lowest BCUT2D eigenvalue weighted by Gasteiger charge is -2.37. The lowest BCUT2D eigenvalue weighted by Crippen LogP contribution is -2.46. The number of carboxylic acids is 1. The normalized spacial score (nSPS) is 19.6. The van der Waals surface area contributed by atoms with Gasteiger partial charge in [-0.2, -0.15) is 0 Å². The van der Waals surface area contributed by atoms with Gasteiger partial charge in [0.15, 0.2) is 0 Å². The Labute approximate surface area is 169 Å². The van der Waals surface area contributed by atoms with Gasteiger partial charge in [0, 0.05) is 26.2 Å². The van der Waals surface area contributed by atoms with Crippen LogP contribution in [0.2, 0.25) is 0 Å². The Kier molecular flexibility index (Phi) is 5.62. The molecule has 0 radical (unpaired) electrons. The topological polar surface area (TPSA) is 60.9 Å². The van der Waals surface area contributed by atoms with Crippen molar-refractivity contribution < 1.29 is 19.1 Å². The molecule has 2 aliphatic rings. The Morgan fingerprint density at radius 3 is 2.66 bits per heavy atom. The molecule has 1 amide bonds. The Bertz CT molecular complexity index is 916. The van der Waals surface area contributed by atoms with Crippen LogP contribution in [0.4, 0.5) is 4.39 Å². The van der Waals surface area contributed by atoms with E-state index in [2.05, 4.69) is 17.0 Å². The molecule has 0 bridgehead atoms. The Hall–Kier alpha value is -2.73. The third-order valence-corrected chi connectivity index (χ3v) is 5.95. The van der Waals surface area contributed by atoms with E-state index < -0.39 is 11.8 Å².